The lowest BCUT2D eigenvalue weighted by molar-refractivity contribution is -0.136. The van der Waals surface area contributed by atoms with Crippen molar-refractivity contribution in [2.75, 3.05) is 13.6 Å². The molecule has 3 rings (SSSR count). The van der Waals surface area contributed by atoms with E-state index in [1.54, 1.807) is 39.9 Å². The third-order valence-corrected chi connectivity index (χ3v) is 4.63. The number of hydrogen-bond acceptors (Lipinski definition) is 4. The number of nitrogens with one attached hydrogen (secondary N) is 1. The van der Waals surface area contributed by atoms with Gasteiger partial charge in [-0.15, -0.1) is 0 Å². The molecule has 2 aromatic heterocycles. The summed E-state index contributed by atoms with van der Waals surface area (Å²) in [5, 5.41) is 7.19. The molecule has 24 heavy (non-hydrogen) atoms. The number of carbonyl (C=O) groups is 2. The lowest BCUT2D eigenvalue weighted by Gasteiger charge is -2.38. The standard InChI is InChI=1S/C16H22N6O2/c1-20-10-17-8-13(20)16(24)18-6-11-4-5-14(23)22(3)15(11)12-7-19-21(2)9-12/h7-11,15H,4-6H2,1-3H3,(H,18,24)/t11-,15+/m1/s1. The van der Waals surface area contributed by atoms with Crippen molar-refractivity contribution in [3.8, 4) is 0 Å². The van der Waals surface area contributed by atoms with E-state index < -0.39 is 0 Å². The van der Waals surface area contributed by atoms with Gasteiger partial charge in [0.15, 0.2) is 0 Å². The van der Waals surface area contributed by atoms with Crippen molar-refractivity contribution < 1.29 is 9.59 Å². The summed E-state index contributed by atoms with van der Waals surface area (Å²) in [5.41, 5.74) is 1.51. The van der Waals surface area contributed by atoms with Gasteiger partial charge in [0.1, 0.15) is 5.69 Å². The molecule has 1 N–H and O–H groups in total. The normalized spacial score (nSPS) is 21.1. The van der Waals surface area contributed by atoms with Gasteiger partial charge in [-0.25, -0.2) is 4.98 Å². The molecule has 1 aliphatic rings. The van der Waals surface area contributed by atoms with Crippen molar-refractivity contribution >= 4 is 11.8 Å². The smallest absolute Gasteiger partial charge is 0.269 e. The van der Waals surface area contributed by atoms with Crippen LogP contribution in [0.5, 0.6) is 0 Å². The highest BCUT2D eigenvalue weighted by Gasteiger charge is 2.35. The fourth-order valence-electron chi connectivity index (χ4n) is 3.31. The van der Waals surface area contributed by atoms with Crippen LogP contribution in [0.1, 0.15) is 34.9 Å². The number of piperidine rings is 1. The predicted molar refractivity (Wildman–Crippen MR) is 87.0 cm³/mol. The highest BCUT2D eigenvalue weighted by Crippen LogP contribution is 2.35. The highest BCUT2D eigenvalue weighted by molar-refractivity contribution is 5.92. The molecule has 8 nitrogen and oxygen atoms in total. The van der Waals surface area contributed by atoms with Crippen molar-refractivity contribution in [1.29, 1.82) is 0 Å². The molecule has 0 radical (unpaired) electrons. The molecule has 0 saturated carbocycles. The zero-order valence-electron chi connectivity index (χ0n) is 14.1. The molecule has 0 spiro atoms. The number of carbonyl (C=O) groups excluding carboxylic acids is 2. The lowest BCUT2D eigenvalue weighted by Crippen LogP contribution is -2.44. The molecule has 1 fully saturated rings. The van der Waals surface area contributed by atoms with Gasteiger partial charge in [0.2, 0.25) is 5.91 Å². The van der Waals surface area contributed by atoms with Crippen LogP contribution in [0.15, 0.2) is 24.9 Å². The molecule has 0 aliphatic carbocycles. The second-order valence-electron chi connectivity index (χ2n) is 6.30. The van der Waals surface area contributed by atoms with Gasteiger partial charge >= 0.3 is 0 Å². The Bertz CT molecular complexity index is 749. The zero-order valence-corrected chi connectivity index (χ0v) is 14.1. The third-order valence-electron chi connectivity index (χ3n) is 4.63. The van der Waals surface area contributed by atoms with Crippen LogP contribution in [0.4, 0.5) is 0 Å². The molecule has 0 unspecified atom stereocenters. The summed E-state index contributed by atoms with van der Waals surface area (Å²) in [6, 6.07) is -0.0770. The van der Waals surface area contributed by atoms with Crippen LogP contribution in [0.2, 0.25) is 0 Å². The van der Waals surface area contributed by atoms with Crippen LogP contribution >= 0.6 is 0 Å². The van der Waals surface area contributed by atoms with Crippen LogP contribution in [0.25, 0.3) is 0 Å². The number of nitrogens with zero attached hydrogens (tertiary/aromatic N) is 5. The Morgan fingerprint density at radius 1 is 1.33 bits per heavy atom. The van der Waals surface area contributed by atoms with Crippen molar-refractivity contribution in [2.24, 2.45) is 20.0 Å². The van der Waals surface area contributed by atoms with E-state index in [-0.39, 0.29) is 23.8 Å². The van der Waals surface area contributed by atoms with Crippen LogP contribution in [0, 0.1) is 5.92 Å². The molecule has 2 amide bonds. The first-order valence-corrected chi connectivity index (χ1v) is 7.96. The number of hydrogen-bond donors (Lipinski definition) is 1. The summed E-state index contributed by atoms with van der Waals surface area (Å²) in [7, 11) is 5.45. The SMILES string of the molecule is CN1C(=O)CC[C@H](CNC(=O)c2cncn2C)[C@H]1c1cnn(C)c1. The van der Waals surface area contributed by atoms with Gasteiger partial charge in [-0.1, -0.05) is 0 Å². The van der Waals surface area contributed by atoms with Gasteiger partial charge in [-0.3, -0.25) is 14.3 Å². The van der Waals surface area contributed by atoms with Gasteiger partial charge in [-0.2, -0.15) is 5.10 Å². The average molecular weight is 330 g/mol. The van der Waals surface area contributed by atoms with Gasteiger partial charge in [0.25, 0.3) is 5.91 Å². The fraction of sp³-hybridized carbons (Fsp3) is 0.500. The minimum atomic E-state index is -0.153. The number of likely N-dealkylation sites (tertiary alicyclic amines) is 1. The minimum Gasteiger partial charge on any atom is -0.350 e. The van der Waals surface area contributed by atoms with E-state index in [1.807, 2.05) is 20.3 Å². The first kappa shape index (κ1) is 16.2. The molecule has 1 saturated heterocycles. The Balaban J connectivity index is 1.74. The van der Waals surface area contributed by atoms with E-state index in [1.165, 1.54) is 0 Å². The molecular formula is C16H22N6O2. The Kier molecular flexibility index (Phi) is 4.37. The maximum Gasteiger partial charge on any atom is 0.269 e. The van der Waals surface area contributed by atoms with E-state index in [9.17, 15) is 9.59 Å². The third kappa shape index (κ3) is 3.04. The number of amides is 2. The molecule has 3 heterocycles. The van der Waals surface area contributed by atoms with Crippen LogP contribution in [-0.4, -0.2) is 49.6 Å². The second kappa shape index (κ2) is 6.46. The van der Waals surface area contributed by atoms with E-state index in [2.05, 4.69) is 15.4 Å². The maximum absolute atomic E-state index is 12.3. The molecule has 8 heteroatoms. The Morgan fingerprint density at radius 3 is 2.75 bits per heavy atom. The average Bonchev–Trinajstić information content (AvgIpc) is 3.16. The van der Waals surface area contributed by atoms with Gasteiger partial charge in [0.05, 0.1) is 24.8 Å². The summed E-state index contributed by atoms with van der Waals surface area (Å²) >= 11 is 0. The molecule has 2 atom stereocenters. The fourth-order valence-corrected chi connectivity index (χ4v) is 3.31. The number of rotatable bonds is 4. The summed E-state index contributed by atoms with van der Waals surface area (Å²) in [5.74, 6) is 0.117. The number of aryl methyl sites for hydroxylation is 2. The first-order chi connectivity index (χ1) is 11.5. The van der Waals surface area contributed by atoms with Crippen molar-refractivity contribution in [3.63, 3.8) is 0 Å². The molecule has 1 aliphatic heterocycles. The van der Waals surface area contributed by atoms with E-state index in [0.29, 0.717) is 18.7 Å². The topological polar surface area (TPSA) is 85.1 Å². The maximum atomic E-state index is 12.3. The molecule has 128 valence electrons. The van der Waals surface area contributed by atoms with Gasteiger partial charge in [0, 0.05) is 51.8 Å². The molecule has 2 aromatic rings. The minimum absolute atomic E-state index is 0.0770. The summed E-state index contributed by atoms with van der Waals surface area (Å²) in [4.78, 5) is 30.1. The van der Waals surface area contributed by atoms with E-state index in [0.717, 1.165) is 12.0 Å². The van der Waals surface area contributed by atoms with Crippen LogP contribution in [0.3, 0.4) is 0 Å². The highest BCUT2D eigenvalue weighted by atomic mass is 16.2. The monoisotopic (exact) mass is 330 g/mol. The Labute approximate surface area is 140 Å². The summed E-state index contributed by atoms with van der Waals surface area (Å²) in [6.45, 7) is 0.501. The van der Waals surface area contributed by atoms with Gasteiger partial charge in [-0.05, 0) is 6.42 Å². The molecular weight excluding hydrogens is 308 g/mol. The summed E-state index contributed by atoms with van der Waals surface area (Å²) < 4.78 is 3.41. The second-order valence-corrected chi connectivity index (χ2v) is 6.30. The predicted octanol–water partition coefficient (Wildman–Crippen LogP) is 0.493. The van der Waals surface area contributed by atoms with E-state index in [4.69, 9.17) is 0 Å². The van der Waals surface area contributed by atoms with Crippen LogP contribution in [-0.2, 0) is 18.9 Å². The number of aromatic nitrogens is 4. The Hall–Kier alpha value is -2.64. The molecule has 0 bridgehead atoms. The van der Waals surface area contributed by atoms with Crippen molar-refractivity contribution in [3.05, 3.63) is 36.2 Å². The lowest BCUT2D eigenvalue weighted by atomic mass is 9.85. The first-order valence-electron chi connectivity index (χ1n) is 7.96. The van der Waals surface area contributed by atoms with Crippen LogP contribution < -0.4 is 5.32 Å². The summed E-state index contributed by atoms with van der Waals surface area (Å²) in [6.07, 6.45) is 8.10. The van der Waals surface area contributed by atoms with E-state index >= 15 is 0 Å². The zero-order chi connectivity index (χ0) is 17.3. The quantitative estimate of drug-likeness (QED) is 0.884. The van der Waals surface area contributed by atoms with Crippen molar-refractivity contribution in [1.82, 2.24) is 29.5 Å². The van der Waals surface area contributed by atoms with Gasteiger partial charge < -0.3 is 14.8 Å². The largest absolute Gasteiger partial charge is 0.350 e. The Morgan fingerprint density at radius 2 is 2.12 bits per heavy atom. The number of imidazole rings is 1. The molecule has 0 aromatic carbocycles. The van der Waals surface area contributed by atoms with Crippen molar-refractivity contribution in [2.45, 2.75) is 18.9 Å².